The van der Waals surface area contributed by atoms with Gasteiger partial charge in [-0.15, -0.1) is 24.0 Å². The molecule has 6 nitrogen and oxygen atoms in total. The summed E-state index contributed by atoms with van der Waals surface area (Å²) < 4.78 is 7.92. The van der Waals surface area contributed by atoms with Gasteiger partial charge in [-0.25, -0.2) is 0 Å². The first-order valence-electron chi connectivity index (χ1n) is 10.2. The third-order valence-corrected chi connectivity index (χ3v) is 4.93. The quantitative estimate of drug-likeness (QED) is 0.218. The van der Waals surface area contributed by atoms with Crippen molar-refractivity contribution < 1.29 is 4.74 Å². The lowest BCUT2D eigenvalue weighted by atomic mass is 10.1. The van der Waals surface area contributed by atoms with Gasteiger partial charge in [0.05, 0.1) is 11.8 Å². The standard InChI is InChI=1S/C22H35N5O.HI/c1-6-20-19(21(7-2)27(5)26-20)16-25-22(23-4)24-14-11-15-28-17(3)18-12-9-8-10-13-18;/h8-10,12-13,17H,6-7,11,14-16H2,1-5H3,(H2,23,24,25);1H. The SMILES string of the molecule is CCc1nn(C)c(CC)c1CNC(=NC)NCCCOC(C)c1ccccc1.I. The molecule has 0 radical (unpaired) electrons. The van der Waals surface area contributed by atoms with Crippen LogP contribution in [0.25, 0.3) is 0 Å². The molecule has 29 heavy (non-hydrogen) atoms. The number of benzene rings is 1. The summed E-state index contributed by atoms with van der Waals surface area (Å²) in [5.74, 6) is 0.809. The Balaban J connectivity index is 0.00000420. The molecule has 2 rings (SSSR count). The highest BCUT2D eigenvalue weighted by atomic mass is 127. The Kier molecular flexibility index (Phi) is 11.9. The van der Waals surface area contributed by atoms with Crippen LogP contribution >= 0.6 is 24.0 Å². The van der Waals surface area contributed by atoms with E-state index in [1.54, 1.807) is 7.05 Å². The number of rotatable bonds is 10. The molecule has 0 saturated carbocycles. The van der Waals surface area contributed by atoms with Crippen LogP contribution < -0.4 is 10.6 Å². The molecule has 0 fully saturated rings. The molecule has 162 valence electrons. The van der Waals surface area contributed by atoms with Crippen LogP contribution in [0.15, 0.2) is 35.3 Å². The van der Waals surface area contributed by atoms with Crippen LogP contribution in [0.2, 0.25) is 0 Å². The van der Waals surface area contributed by atoms with Crippen molar-refractivity contribution in [3.8, 4) is 0 Å². The first kappa shape index (κ1) is 25.4. The van der Waals surface area contributed by atoms with Crippen LogP contribution in [-0.4, -0.2) is 35.9 Å². The second kappa shape index (κ2) is 13.6. The molecule has 0 aliphatic heterocycles. The number of guanidine groups is 1. The number of nitrogens with one attached hydrogen (secondary N) is 2. The van der Waals surface area contributed by atoms with E-state index in [2.05, 4.69) is 53.6 Å². The number of aromatic nitrogens is 2. The lowest BCUT2D eigenvalue weighted by Crippen LogP contribution is -2.37. The fourth-order valence-electron chi connectivity index (χ4n) is 3.35. The molecule has 1 atom stereocenters. The Bertz CT molecular complexity index is 745. The third-order valence-electron chi connectivity index (χ3n) is 4.93. The average Bonchev–Trinajstić information content (AvgIpc) is 3.04. The number of aryl methyl sites for hydroxylation is 2. The molecule has 0 bridgehead atoms. The van der Waals surface area contributed by atoms with E-state index in [9.17, 15) is 0 Å². The van der Waals surface area contributed by atoms with E-state index in [1.807, 2.05) is 29.9 Å². The number of hydrogen-bond donors (Lipinski definition) is 2. The summed E-state index contributed by atoms with van der Waals surface area (Å²) in [4.78, 5) is 4.33. The van der Waals surface area contributed by atoms with Crippen molar-refractivity contribution in [2.75, 3.05) is 20.2 Å². The molecule has 0 amide bonds. The summed E-state index contributed by atoms with van der Waals surface area (Å²) >= 11 is 0. The highest BCUT2D eigenvalue weighted by Crippen LogP contribution is 2.16. The lowest BCUT2D eigenvalue weighted by Gasteiger charge is -2.15. The van der Waals surface area contributed by atoms with Crippen LogP contribution in [0.4, 0.5) is 0 Å². The highest BCUT2D eigenvalue weighted by molar-refractivity contribution is 14.0. The number of hydrogen-bond acceptors (Lipinski definition) is 3. The maximum Gasteiger partial charge on any atom is 0.191 e. The Hall–Kier alpha value is -1.61. The molecular formula is C22H36IN5O. The van der Waals surface area contributed by atoms with Crippen molar-refractivity contribution in [2.24, 2.45) is 12.0 Å². The van der Waals surface area contributed by atoms with Gasteiger partial charge >= 0.3 is 0 Å². The van der Waals surface area contributed by atoms with Gasteiger partial charge in [0.15, 0.2) is 5.96 Å². The number of ether oxygens (including phenoxy) is 1. The minimum Gasteiger partial charge on any atom is -0.374 e. The van der Waals surface area contributed by atoms with Crippen LogP contribution in [-0.2, 0) is 31.2 Å². The topological polar surface area (TPSA) is 63.5 Å². The maximum atomic E-state index is 5.92. The van der Waals surface area contributed by atoms with E-state index in [1.165, 1.54) is 16.8 Å². The number of halogens is 1. The summed E-state index contributed by atoms with van der Waals surface area (Å²) in [6, 6.07) is 10.3. The number of aliphatic imine (C=N–C) groups is 1. The average molecular weight is 513 g/mol. The predicted octanol–water partition coefficient (Wildman–Crippen LogP) is 4.00. The van der Waals surface area contributed by atoms with E-state index in [0.717, 1.165) is 44.0 Å². The Morgan fingerprint density at radius 1 is 1.17 bits per heavy atom. The van der Waals surface area contributed by atoms with Gasteiger partial charge in [-0.2, -0.15) is 5.10 Å². The lowest BCUT2D eigenvalue weighted by molar-refractivity contribution is 0.0646. The molecule has 0 spiro atoms. The minimum absolute atomic E-state index is 0. The van der Waals surface area contributed by atoms with E-state index in [4.69, 9.17) is 4.74 Å². The molecule has 1 aromatic carbocycles. The normalized spacial score (nSPS) is 12.4. The van der Waals surface area contributed by atoms with Gasteiger partial charge in [0.2, 0.25) is 0 Å². The van der Waals surface area contributed by atoms with E-state index >= 15 is 0 Å². The zero-order valence-corrected chi connectivity index (χ0v) is 20.7. The summed E-state index contributed by atoms with van der Waals surface area (Å²) in [7, 11) is 3.82. The van der Waals surface area contributed by atoms with Crippen molar-refractivity contribution >= 4 is 29.9 Å². The van der Waals surface area contributed by atoms with Gasteiger partial charge in [-0.1, -0.05) is 44.2 Å². The fraction of sp³-hybridized carbons (Fsp3) is 0.545. The van der Waals surface area contributed by atoms with Gasteiger partial charge in [0.1, 0.15) is 0 Å². The fourth-order valence-corrected chi connectivity index (χ4v) is 3.35. The molecule has 0 aliphatic rings. The smallest absolute Gasteiger partial charge is 0.191 e. The zero-order valence-electron chi connectivity index (χ0n) is 18.4. The molecule has 1 unspecified atom stereocenters. The van der Waals surface area contributed by atoms with E-state index in [0.29, 0.717) is 6.61 Å². The highest BCUT2D eigenvalue weighted by Gasteiger charge is 2.13. The van der Waals surface area contributed by atoms with E-state index in [-0.39, 0.29) is 30.1 Å². The molecule has 1 heterocycles. The zero-order chi connectivity index (χ0) is 20.4. The van der Waals surface area contributed by atoms with Crippen molar-refractivity contribution in [3.05, 3.63) is 52.8 Å². The maximum absolute atomic E-state index is 5.92. The largest absolute Gasteiger partial charge is 0.374 e. The predicted molar refractivity (Wildman–Crippen MR) is 131 cm³/mol. The van der Waals surface area contributed by atoms with Crippen molar-refractivity contribution in [3.63, 3.8) is 0 Å². The van der Waals surface area contributed by atoms with Crippen LogP contribution in [0.3, 0.4) is 0 Å². The molecule has 2 N–H and O–H groups in total. The first-order valence-corrected chi connectivity index (χ1v) is 10.2. The van der Waals surface area contributed by atoms with Crippen molar-refractivity contribution in [1.29, 1.82) is 0 Å². The van der Waals surface area contributed by atoms with Crippen LogP contribution in [0, 0.1) is 0 Å². The second-order valence-corrected chi connectivity index (χ2v) is 6.83. The van der Waals surface area contributed by atoms with Crippen LogP contribution in [0.5, 0.6) is 0 Å². The van der Waals surface area contributed by atoms with Gasteiger partial charge in [-0.05, 0) is 31.7 Å². The summed E-state index contributed by atoms with van der Waals surface area (Å²) in [6.45, 7) is 8.67. The molecule has 7 heteroatoms. The minimum atomic E-state index is 0. The summed E-state index contributed by atoms with van der Waals surface area (Å²) in [5, 5.41) is 11.4. The summed E-state index contributed by atoms with van der Waals surface area (Å²) in [6.07, 6.45) is 2.95. The summed E-state index contributed by atoms with van der Waals surface area (Å²) in [5.41, 5.74) is 4.94. The van der Waals surface area contributed by atoms with Gasteiger partial charge in [-0.3, -0.25) is 9.67 Å². The Labute approximate surface area is 192 Å². The van der Waals surface area contributed by atoms with Crippen molar-refractivity contribution in [1.82, 2.24) is 20.4 Å². The molecule has 0 aliphatic carbocycles. The van der Waals surface area contributed by atoms with Gasteiger partial charge in [0, 0.05) is 45.0 Å². The molecule has 2 aromatic rings. The third kappa shape index (κ3) is 7.62. The second-order valence-electron chi connectivity index (χ2n) is 6.83. The molecule has 0 saturated heterocycles. The van der Waals surface area contributed by atoms with Gasteiger partial charge in [0.25, 0.3) is 0 Å². The van der Waals surface area contributed by atoms with Gasteiger partial charge < -0.3 is 15.4 Å². The van der Waals surface area contributed by atoms with Crippen molar-refractivity contribution in [2.45, 2.75) is 52.7 Å². The van der Waals surface area contributed by atoms with E-state index < -0.39 is 0 Å². The number of nitrogens with zero attached hydrogens (tertiary/aromatic N) is 3. The Morgan fingerprint density at radius 2 is 1.90 bits per heavy atom. The molecule has 1 aromatic heterocycles. The monoisotopic (exact) mass is 513 g/mol. The molecular weight excluding hydrogens is 477 g/mol. The van der Waals surface area contributed by atoms with Crippen LogP contribution in [0.1, 0.15) is 55.8 Å². The Morgan fingerprint density at radius 3 is 2.52 bits per heavy atom. The first-order chi connectivity index (χ1) is 13.6.